The number of aromatic nitrogens is 1. The van der Waals surface area contributed by atoms with E-state index in [-0.39, 0.29) is 5.71 Å². The topological polar surface area (TPSA) is 61.1 Å². The summed E-state index contributed by atoms with van der Waals surface area (Å²) in [7, 11) is 5.08. The van der Waals surface area contributed by atoms with Crippen LogP contribution < -0.4 is 19.8 Å². The minimum absolute atomic E-state index is 0.246. The van der Waals surface area contributed by atoms with Gasteiger partial charge in [0.25, 0.3) is 0 Å². The van der Waals surface area contributed by atoms with Crippen molar-refractivity contribution in [2.75, 3.05) is 42.5 Å². The molecule has 0 saturated carbocycles. The lowest BCUT2D eigenvalue weighted by Gasteiger charge is -2.21. The largest absolute Gasteiger partial charge is 0.464 e. The van der Waals surface area contributed by atoms with Crippen molar-refractivity contribution < 1.29 is 14.1 Å². The molecule has 3 rings (SSSR count). The Bertz CT molecular complexity index is 1070. The van der Waals surface area contributed by atoms with Gasteiger partial charge in [-0.1, -0.05) is 0 Å². The second-order valence-corrected chi connectivity index (χ2v) is 7.61. The van der Waals surface area contributed by atoms with Crippen LogP contribution in [0.2, 0.25) is 0 Å². The summed E-state index contributed by atoms with van der Waals surface area (Å²) in [4.78, 5) is 14.6. The number of methoxy groups -OCH3 is 1. The summed E-state index contributed by atoms with van der Waals surface area (Å²) in [5.41, 5.74) is 4.99. The summed E-state index contributed by atoms with van der Waals surface area (Å²) in [6.45, 7) is 6.29. The van der Waals surface area contributed by atoms with Gasteiger partial charge in [-0.05, 0) is 62.4 Å². The first kappa shape index (κ1) is 23.8. The Kier molecular flexibility index (Phi) is 8.02. The number of hydrazone groups is 1. The Morgan fingerprint density at radius 3 is 1.91 bits per heavy atom. The number of anilines is 4. The van der Waals surface area contributed by atoms with E-state index in [1.807, 2.05) is 60.4 Å². The molecule has 1 aromatic heterocycles. The van der Waals surface area contributed by atoms with Crippen molar-refractivity contribution in [3.8, 4) is 0 Å². The number of benzene rings is 2. The fourth-order valence-electron chi connectivity index (χ4n) is 3.45. The number of rotatable bonds is 9. The van der Waals surface area contributed by atoms with Crippen molar-refractivity contribution in [2.24, 2.45) is 12.1 Å². The summed E-state index contributed by atoms with van der Waals surface area (Å²) in [5.74, 6) is -0.484. The van der Waals surface area contributed by atoms with Crippen LogP contribution in [0.4, 0.5) is 22.7 Å². The monoisotopic (exact) mass is 446 g/mol. The molecule has 7 heteroatoms. The highest BCUT2D eigenvalue weighted by molar-refractivity contribution is 6.43. The van der Waals surface area contributed by atoms with Crippen LogP contribution in [0.25, 0.3) is 0 Å². The van der Waals surface area contributed by atoms with Crippen molar-refractivity contribution in [1.82, 2.24) is 0 Å². The van der Waals surface area contributed by atoms with E-state index in [4.69, 9.17) is 4.74 Å². The van der Waals surface area contributed by atoms with Gasteiger partial charge in [0.05, 0.1) is 12.8 Å². The average molecular weight is 447 g/mol. The standard InChI is InChI=1S/C26H32N5O2/c1-6-31(7-2)24-14-10-22(11-15-24)27-21-8-12-23(13-9-21)30(4)28-25(26(32)33-5)20-16-18-29(3)19-17-20/h8-19,27H,6-7H2,1-5H3/q+1. The highest BCUT2D eigenvalue weighted by Crippen LogP contribution is 2.23. The minimum atomic E-state index is -0.484. The fraction of sp³-hybridized carbons (Fsp3) is 0.269. The number of carbonyl (C=O) groups is 1. The molecular formula is C26H32N5O2+. The smallest absolute Gasteiger partial charge is 0.359 e. The lowest BCUT2D eigenvalue weighted by molar-refractivity contribution is -0.671. The molecule has 1 N–H and O–H groups in total. The van der Waals surface area contributed by atoms with E-state index in [9.17, 15) is 4.79 Å². The molecule has 0 aliphatic carbocycles. The SMILES string of the molecule is CCN(CC)c1ccc(Nc2ccc(N(C)/N=C(\C(=O)OC)c3cc[n+](C)cc3)cc2)cc1. The van der Waals surface area contributed by atoms with E-state index in [1.54, 1.807) is 12.1 Å². The van der Waals surface area contributed by atoms with Crippen molar-refractivity contribution >= 4 is 34.4 Å². The molecule has 0 radical (unpaired) electrons. The van der Waals surface area contributed by atoms with E-state index in [0.717, 1.165) is 30.2 Å². The molecule has 0 aliphatic rings. The maximum absolute atomic E-state index is 12.3. The maximum atomic E-state index is 12.3. The zero-order chi connectivity index (χ0) is 23.8. The predicted molar refractivity (Wildman–Crippen MR) is 134 cm³/mol. The molecule has 0 amide bonds. The van der Waals surface area contributed by atoms with Crippen LogP contribution in [0, 0.1) is 0 Å². The van der Waals surface area contributed by atoms with E-state index >= 15 is 0 Å². The fourth-order valence-corrected chi connectivity index (χ4v) is 3.45. The molecule has 0 aliphatic heterocycles. The Morgan fingerprint density at radius 2 is 1.42 bits per heavy atom. The number of carbonyl (C=O) groups excluding carboxylic acids is 1. The van der Waals surface area contributed by atoms with Gasteiger partial charge >= 0.3 is 5.97 Å². The van der Waals surface area contributed by atoms with Gasteiger partial charge in [-0.15, -0.1) is 0 Å². The third kappa shape index (κ3) is 6.10. The zero-order valence-corrected chi connectivity index (χ0v) is 19.9. The van der Waals surface area contributed by atoms with E-state index in [1.165, 1.54) is 12.8 Å². The minimum Gasteiger partial charge on any atom is -0.464 e. The summed E-state index contributed by atoms with van der Waals surface area (Å²) in [6, 6.07) is 20.0. The number of hydrogen-bond donors (Lipinski definition) is 1. The molecule has 0 spiro atoms. The van der Waals surface area contributed by atoms with Gasteiger partial charge in [0.15, 0.2) is 18.1 Å². The first-order valence-corrected chi connectivity index (χ1v) is 11.0. The molecule has 33 heavy (non-hydrogen) atoms. The number of ether oxygens (including phenoxy) is 1. The van der Waals surface area contributed by atoms with Crippen molar-refractivity contribution in [3.05, 3.63) is 78.6 Å². The van der Waals surface area contributed by atoms with E-state index in [0.29, 0.717) is 5.56 Å². The number of pyridine rings is 1. The zero-order valence-electron chi connectivity index (χ0n) is 19.9. The normalized spacial score (nSPS) is 11.1. The Balaban J connectivity index is 1.74. The van der Waals surface area contributed by atoms with Gasteiger partial charge in [-0.25, -0.2) is 9.36 Å². The van der Waals surface area contributed by atoms with Crippen LogP contribution in [0.15, 0.2) is 78.2 Å². The number of esters is 1. The number of hydrogen-bond acceptors (Lipinski definition) is 6. The third-order valence-corrected chi connectivity index (χ3v) is 5.41. The van der Waals surface area contributed by atoms with Gasteiger partial charge in [0.1, 0.15) is 7.05 Å². The Labute approximate surface area is 195 Å². The molecule has 0 bridgehead atoms. The second kappa shape index (κ2) is 11.1. The molecule has 0 saturated heterocycles. The number of nitrogens with zero attached hydrogens (tertiary/aromatic N) is 4. The van der Waals surface area contributed by atoms with Crippen LogP contribution in [-0.4, -0.2) is 38.9 Å². The number of nitrogens with one attached hydrogen (secondary N) is 1. The third-order valence-electron chi connectivity index (χ3n) is 5.41. The Hall–Kier alpha value is -3.87. The van der Waals surface area contributed by atoms with Crippen LogP contribution >= 0.6 is 0 Å². The highest BCUT2D eigenvalue weighted by atomic mass is 16.5. The van der Waals surface area contributed by atoms with E-state index < -0.39 is 5.97 Å². The summed E-state index contributed by atoms with van der Waals surface area (Å²) in [6.07, 6.45) is 3.73. The first-order chi connectivity index (χ1) is 15.9. The van der Waals surface area contributed by atoms with Crippen molar-refractivity contribution in [1.29, 1.82) is 0 Å². The summed E-state index contributed by atoms with van der Waals surface area (Å²) in [5, 5.41) is 9.61. The molecule has 3 aromatic rings. The summed E-state index contributed by atoms with van der Waals surface area (Å²) < 4.78 is 6.83. The van der Waals surface area contributed by atoms with Crippen LogP contribution in [0.1, 0.15) is 19.4 Å². The molecule has 0 fully saturated rings. The summed E-state index contributed by atoms with van der Waals surface area (Å²) >= 11 is 0. The first-order valence-electron chi connectivity index (χ1n) is 11.0. The van der Waals surface area contributed by atoms with Crippen LogP contribution in [0.5, 0.6) is 0 Å². The van der Waals surface area contributed by atoms with Crippen LogP contribution in [-0.2, 0) is 16.6 Å². The van der Waals surface area contributed by atoms with Gasteiger partial charge in [0.2, 0.25) is 0 Å². The quantitative estimate of drug-likeness (QED) is 0.232. The lowest BCUT2D eigenvalue weighted by atomic mass is 10.1. The van der Waals surface area contributed by atoms with Gasteiger partial charge in [0, 0.05) is 54.9 Å². The highest BCUT2D eigenvalue weighted by Gasteiger charge is 2.17. The average Bonchev–Trinajstić information content (AvgIpc) is 2.85. The predicted octanol–water partition coefficient (Wildman–Crippen LogP) is 4.11. The lowest BCUT2D eigenvalue weighted by Crippen LogP contribution is -2.28. The molecule has 7 nitrogen and oxygen atoms in total. The molecule has 172 valence electrons. The number of aryl methyl sites for hydroxylation is 1. The molecular weight excluding hydrogens is 414 g/mol. The van der Waals surface area contributed by atoms with Gasteiger partial charge in [-0.2, -0.15) is 5.10 Å². The molecule has 2 aromatic carbocycles. The van der Waals surface area contributed by atoms with Crippen molar-refractivity contribution in [2.45, 2.75) is 13.8 Å². The Morgan fingerprint density at radius 1 is 0.909 bits per heavy atom. The second-order valence-electron chi connectivity index (χ2n) is 7.61. The molecule has 0 atom stereocenters. The van der Waals surface area contributed by atoms with Gasteiger partial charge in [-0.3, -0.25) is 5.01 Å². The van der Waals surface area contributed by atoms with Crippen molar-refractivity contribution in [3.63, 3.8) is 0 Å². The van der Waals surface area contributed by atoms with E-state index in [2.05, 4.69) is 53.4 Å². The molecule has 1 heterocycles. The molecule has 0 unspecified atom stereocenters. The van der Waals surface area contributed by atoms with Gasteiger partial charge < -0.3 is 15.0 Å². The maximum Gasteiger partial charge on any atom is 0.359 e. The van der Waals surface area contributed by atoms with Crippen LogP contribution in [0.3, 0.4) is 0 Å².